The summed E-state index contributed by atoms with van der Waals surface area (Å²) in [5, 5.41) is 3.10. The number of ether oxygens (including phenoxy) is 1. The molecule has 18 heavy (non-hydrogen) atoms. The number of methoxy groups -OCH3 is 1. The highest BCUT2D eigenvalue weighted by molar-refractivity contribution is 5.68. The summed E-state index contributed by atoms with van der Waals surface area (Å²) < 4.78 is 18.6. The first kappa shape index (κ1) is 12.2. The molecule has 0 saturated carbocycles. The van der Waals surface area contributed by atoms with Crippen LogP contribution < -0.4 is 15.8 Å². The SMILES string of the molecule is COc1ccc(N)c(NCc2ccccc2F)c1. The number of anilines is 2. The van der Waals surface area contributed by atoms with Crippen molar-refractivity contribution in [2.24, 2.45) is 0 Å². The Kier molecular flexibility index (Phi) is 3.67. The molecule has 0 spiro atoms. The van der Waals surface area contributed by atoms with Crippen LogP contribution in [0.4, 0.5) is 15.8 Å². The van der Waals surface area contributed by atoms with E-state index in [1.54, 1.807) is 43.5 Å². The Hall–Kier alpha value is -2.23. The van der Waals surface area contributed by atoms with Gasteiger partial charge in [0, 0.05) is 18.2 Å². The van der Waals surface area contributed by atoms with Crippen LogP contribution in [0.15, 0.2) is 42.5 Å². The molecule has 3 nitrogen and oxygen atoms in total. The number of nitrogen functional groups attached to an aromatic ring is 1. The summed E-state index contributed by atoms with van der Waals surface area (Å²) in [6.45, 7) is 0.379. The average molecular weight is 246 g/mol. The van der Waals surface area contributed by atoms with E-state index >= 15 is 0 Å². The maximum Gasteiger partial charge on any atom is 0.128 e. The maximum absolute atomic E-state index is 13.4. The van der Waals surface area contributed by atoms with Crippen LogP contribution in [0.5, 0.6) is 5.75 Å². The first-order valence-corrected chi connectivity index (χ1v) is 5.61. The zero-order valence-electron chi connectivity index (χ0n) is 10.1. The van der Waals surface area contributed by atoms with E-state index in [-0.39, 0.29) is 5.82 Å². The molecule has 0 aliphatic heterocycles. The van der Waals surface area contributed by atoms with E-state index in [1.165, 1.54) is 6.07 Å². The second-order valence-corrected chi connectivity index (χ2v) is 3.90. The Morgan fingerprint density at radius 1 is 1.22 bits per heavy atom. The first-order chi connectivity index (χ1) is 8.70. The van der Waals surface area contributed by atoms with E-state index in [0.717, 1.165) is 5.69 Å². The fourth-order valence-electron chi connectivity index (χ4n) is 1.65. The quantitative estimate of drug-likeness (QED) is 0.815. The van der Waals surface area contributed by atoms with Crippen LogP contribution in [0, 0.1) is 5.82 Å². The molecule has 4 heteroatoms. The number of benzene rings is 2. The van der Waals surface area contributed by atoms with Gasteiger partial charge in [-0.3, -0.25) is 0 Å². The summed E-state index contributed by atoms with van der Waals surface area (Å²) in [5.74, 6) is 0.478. The standard InChI is InChI=1S/C14H15FN2O/c1-18-11-6-7-13(16)14(8-11)17-9-10-4-2-3-5-12(10)15/h2-8,17H,9,16H2,1H3. The summed E-state index contributed by atoms with van der Waals surface area (Å²) >= 11 is 0. The van der Waals surface area contributed by atoms with Gasteiger partial charge >= 0.3 is 0 Å². The van der Waals surface area contributed by atoms with Crippen LogP contribution in [-0.4, -0.2) is 7.11 Å². The van der Waals surface area contributed by atoms with Gasteiger partial charge in [-0.25, -0.2) is 4.39 Å². The van der Waals surface area contributed by atoms with E-state index in [2.05, 4.69) is 5.32 Å². The molecule has 0 unspecified atom stereocenters. The largest absolute Gasteiger partial charge is 0.497 e. The molecule has 0 aliphatic rings. The zero-order chi connectivity index (χ0) is 13.0. The van der Waals surface area contributed by atoms with Crippen LogP contribution in [0.3, 0.4) is 0 Å². The van der Waals surface area contributed by atoms with Crippen LogP contribution >= 0.6 is 0 Å². The van der Waals surface area contributed by atoms with Gasteiger partial charge in [-0.1, -0.05) is 18.2 Å². The van der Waals surface area contributed by atoms with Crippen molar-refractivity contribution in [1.82, 2.24) is 0 Å². The molecule has 0 aliphatic carbocycles. The highest BCUT2D eigenvalue weighted by Crippen LogP contribution is 2.25. The van der Waals surface area contributed by atoms with Crippen molar-refractivity contribution in [3.8, 4) is 5.75 Å². The molecule has 2 aromatic carbocycles. The minimum absolute atomic E-state index is 0.230. The van der Waals surface area contributed by atoms with Crippen molar-refractivity contribution in [2.45, 2.75) is 6.54 Å². The minimum Gasteiger partial charge on any atom is -0.497 e. The normalized spacial score (nSPS) is 10.1. The number of hydrogen-bond acceptors (Lipinski definition) is 3. The lowest BCUT2D eigenvalue weighted by atomic mass is 10.2. The van der Waals surface area contributed by atoms with E-state index < -0.39 is 0 Å². The molecular formula is C14H15FN2O. The summed E-state index contributed by atoms with van der Waals surface area (Å²) in [4.78, 5) is 0. The van der Waals surface area contributed by atoms with Gasteiger partial charge in [-0.2, -0.15) is 0 Å². The highest BCUT2D eigenvalue weighted by atomic mass is 19.1. The topological polar surface area (TPSA) is 47.3 Å². The molecule has 2 rings (SSSR count). The molecule has 94 valence electrons. The number of hydrogen-bond donors (Lipinski definition) is 2. The second kappa shape index (κ2) is 5.40. The van der Waals surface area contributed by atoms with Gasteiger partial charge in [-0.05, 0) is 18.2 Å². The van der Waals surface area contributed by atoms with Gasteiger partial charge in [0.1, 0.15) is 11.6 Å². The molecule has 0 amide bonds. The molecule has 0 atom stereocenters. The molecule has 2 aromatic rings. The molecule has 0 radical (unpaired) electrons. The van der Waals surface area contributed by atoms with Crippen molar-refractivity contribution >= 4 is 11.4 Å². The summed E-state index contributed by atoms with van der Waals surface area (Å²) in [7, 11) is 1.59. The molecule has 0 heterocycles. The van der Waals surface area contributed by atoms with Gasteiger partial charge in [0.25, 0.3) is 0 Å². The molecule has 0 fully saturated rings. The third kappa shape index (κ3) is 2.71. The van der Waals surface area contributed by atoms with Crippen molar-refractivity contribution in [1.29, 1.82) is 0 Å². The van der Waals surface area contributed by atoms with E-state index in [9.17, 15) is 4.39 Å². The van der Waals surface area contributed by atoms with Gasteiger partial charge in [-0.15, -0.1) is 0 Å². The Morgan fingerprint density at radius 2 is 2.00 bits per heavy atom. The van der Waals surface area contributed by atoms with Crippen LogP contribution in [-0.2, 0) is 6.54 Å². The van der Waals surface area contributed by atoms with Gasteiger partial charge in [0.05, 0.1) is 18.5 Å². The van der Waals surface area contributed by atoms with Gasteiger partial charge < -0.3 is 15.8 Å². The predicted molar refractivity (Wildman–Crippen MR) is 71.1 cm³/mol. The maximum atomic E-state index is 13.4. The number of nitrogens with one attached hydrogen (secondary N) is 1. The molecule has 0 aromatic heterocycles. The fourth-order valence-corrected chi connectivity index (χ4v) is 1.65. The van der Waals surface area contributed by atoms with E-state index in [1.807, 2.05) is 0 Å². The van der Waals surface area contributed by atoms with E-state index in [0.29, 0.717) is 23.5 Å². The summed E-state index contributed by atoms with van der Waals surface area (Å²) in [6.07, 6.45) is 0. The lowest BCUT2D eigenvalue weighted by Gasteiger charge is -2.11. The Bertz CT molecular complexity index is 543. The Morgan fingerprint density at radius 3 is 2.72 bits per heavy atom. The first-order valence-electron chi connectivity index (χ1n) is 5.61. The molecule has 3 N–H and O–H groups in total. The monoisotopic (exact) mass is 246 g/mol. The third-order valence-corrected chi connectivity index (χ3v) is 2.69. The van der Waals surface area contributed by atoms with Crippen molar-refractivity contribution in [2.75, 3.05) is 18.2 Å². The smallest absolute Gasteiger partial charge is 0.128 e. The molecule has 0 saturated heterocycles. The molecule has 0 bridgehead atoms. The van der Waals surface area contributed by atoms with Crippen LogP contribution in [0.1, 0.15) is 5.56 Å². The lowest BCUT2D eigenvalue weighted by Crippen LogP contribution is -2.04. The molecular weight excluding hydrogens is 231 g/mol. The van der Waals surface area contributed by atoms with Gasteiger partial charge in [0.2, 0.25) is 0 Å². The van der Waals surface area contributed by atoms with E-state index in [4.69, 9.17) is 10.5 Å². The van der Waals surface area contributed by atoms with Gasteiger partial charge in [0.15, 0.2) is 0 Å². The second-order valence-electron chi connectivity index (χ2n) is 3.90. The lowest BCUT2D eigenvalue weighted by molar-refractivity contribution is 0.415. The van der Waals surface area contributed by atoms with Crippen LogP contribution in [0.2, 0.25) is 0 Å². The van der Waals surface area contributed by atoms with Crippen molar-refractivity contribution < 1.29 is 9.13 Å². The summed E-state index contributed by atoms with van der Waals surface area (Å²) in [6, 6.07) is 12.0. The average Bonchev–Trinajstić information content (AvgIpc) is 2.39. The number of halogens is 1. The van der Waals surface area contributed by atoms with Crippen molar-refractivity contribution in [3.05, 3.63) is 53.8 Å². The third-order valence-electron chi connectivity index (χ3n) is 2.69. The number of nitrogens with two attached hydrogens (primary N) is 1. The Labute approximate surface area is 105 Å². The minimum atomic E-state index is -0.230. The summed E-state index contributed by atoms with van der Waals surface area (Å²) in [5.41, 5.74) is 7.77. The Balaban J connectivity index is 2.13. The zero-order valence-corrected chi connectivity index (χ0v) is 10.1. The van der Waals surface area contributed by atoms with Crippen LogP contribution in [0.25, 0.3) is 0 Å². The highest BCUT2D eigenvalue weighted by Gasteiger charge is 2.04. The van der Waals surface area contributed by atoms with Crippen molar-refractivity contribution in [3.63, 3.8) is 0 Å². The fraction of sp³-hybridized carbons (Fsp3) is 0.143. The number of rotatable bonds is 4. The predicted octanol–water partition coefficient (Wildman–Crippen LogP) is 3.03.